The lowest BCUT2D eigenvalue weighted by atomic mass is 9.37. The van der Waals surface area contributed by atoms with Gasteiger partial charge < -0.3 is 0 Å². The third-order valence-electron chi connectivity index (χ3n) is 7.72. The fourth-order valence-electron chi connectivity index (χ4n) is 5.94. The van der Waals surface area contributed by atoms with Crippen LogP contribution in [0.25, 0.3) is 0 Å². The van der Waals surface area contributed by atoms with Crippen LogP contribution in [-0.2, 0) is 0 Å². The summed E-state index contributed by atoms with van der Waals surface area (Å²) in [5.41, 5.74) is 10.4. The van der Waals surface area contributed by atoms with E-state index in [1.807, 2.05) is 0 Å². The molecule has 7 rings (SSSR count). The molecule has 2 unspecified atom stereocenters. The highest BCUT2D eigenvalue weighted by Gasteiger charge is 2.61. The molecule has 0 aromatic carbocycles. The summed E-state index contributed by atoms with van der Waals surface area (Å²) >= 11 is 0. The van der Waals surface area contributed by atoms with E-state index in [9.17, 15) is 0 Å². The zero-order chi connectivity index (χ0) is 24.8. The molecule has 0 heteroatoms. The normalized spacial score (nSPS) is 33.6. The van der Waals surface area contributed by atoms with Gasteiger partial charge in [-0.25, -0.2) is 0 Å². The number of allylic oxidation sites excluding steroid dienone is 12. The van der Waals surface area contributed by atoms with Gasteiger partial charge in [-0.05, 0) is 109 Å². The summed E-state index contributed by atoms with van der Waals surface area (Å²) in [4.78, 5) is 0. The number of hydrogen-bond donors (Lipinski definition) is 0. The van der Waals surface area contributed by atoms with E-state index in [1.54, 1.807) is 0 Å². The summed E-state index contributed by atoms with van der Waals surface area (Å²) in [5.74, 6) is 2.10. The van der Waals surface area contributed by atoms with Crippen LogP contribution in [-0.4, -0.2) is 0 Å². The monoisotopic (exact) mass is 448 g/mol. The molecule has 7 aliphatic rings. The first kappa shape index (κ1) is 27.7. The van der Waals surface area contributed by atoms with Crippen molar-refractivity contribution in [3.8, 4) is 0 Å². The molecule has 184 valence electrons. The van der Waals surface area contributed by atoms with E-state index in [2.05, 4.69) is 106 Å². The zero-order valence-electron chi connectivity index (χ0n) is 23.6. The molecule has 0 nitrogen and oxygen atoms in total. The third-order valence-corrected chi connectivity index (χ3v) is 7.72. The molecule has 0 aliphatic heterocycles. The van der Waals surface area contributed by atoms with Crippen LogP contribution >= 0.6 is 0 Å². The highest BCUT2D eigenvalue weighted by molar-refractivity contribution is 5.30. The zero-order valence-corrected chi connectivity index (χ0v) is 23.6. The van der Waals surface area contributed by atoms with Crippen molar-refractivity contribution in [3.05, 3.63) is 69.9 Å². The average Bonchev–Trinajstić information content (AvgIpc) is 3.03. The first-order chi connectivity index (χ1) is 15.3. The molecule has 2 atom stereocenters. The summed E-state index contributed by atoms with van der Waals surface area (Å²) in [6.45, 7) is 22.3. The summed E-state index contributed by atoms with van der Waals surface area (Å²) in [6.07, 6.45) is 22.8. The van der Waals surface area contributed by atoms with Crippen molar-refractivity contribution in [2.45, 2.75) is 114 Å². The van der Waals surface area contributed by atoms with Gasteiger partial charge in [0.15, 0.2) is 0 Å². The number of rotatable bonds is 0. The van der Waals surface area contributed by atoms with Gasteiger partial charge in [-0.1, -0.05) is 97.6 Å². The van der Waals surface area contributed by atoms with Gasteiger partial charge in [0.2, 0.25) is 0 Å². The summed E-state index contributed by atoms with van der Waals surface area (Å²) in [6, 6.07) is 0. The Hall–Kier alpha value is -1.56. The lowest BCUT2D eigenvalue weighted by molar-refractivity contribution is -0.176. The Kier molecular flexibility index (Phi) is 9.83. The van der Waals surface area contributed by atoms with Crippen molar-refractivity contribution in [2.24, 2.45) is 22.7 Å². The van der Waals surface area contributed by atoms with Gasteiger partial charge in [0.1, 0.15) is 0 Å². The van der Waals surface area contributed by atoms with Crippen LogP contribution in [0, 0.1) is 22.7 Å². The molecule has 0 radical (unpaired) electrons. The second-order valence-corrected chi connectivity index (χ2v) is 12.8. The van der Waals surface area contributed by atoms with E-state index >= 15 is 0 Å². The summed E-state index contributed by atoms with van der Waals surface area (Å²) in [7, 11) is 0. The van der Waals surface area contributed by atoms with Crippen molar-refractivity contribution >= 4 is 0 Å². The van der Waals surface area contributed by atoms with Gasteiger partial charge in [-0.15, -0.1) is 0 Å². The Labute approximate surface area is 206 Å². The van der Waals surface area contributed by atoms with Gasteiger partial charge in [-0.3, -0.25) is 0 Å². The molecule has 2 bridgehead atoms. The maximum absolute atomic E-state index is 2.40. The van der Waals surface area contributed by atoms with Crippen LogP contribution in [0.2, 0.25) is 0 Å². The van der Waals surface area contributed by atoms with E-state index in [0.717, 1.165) is 22.7 Å². The van der Waals surface area contributed by atoms with Crippen LogP contribution in [0.15, 0.2) is 69.9 Å². The molecule has 0 spiro atoms. The minimum atomic E-state index is 0.828. The SMILES string of the molecule is CC12CC(C)(C1)C2.CC1=CC=C(C)C1.CC1=CCC(C)=C1.CC1=CCC(C)=C1.CC1CC1C. The fourth-order valence-corrected chi connectivity index (χ4v) is 5.94. The van der Waals surface area contributed by atoms with E-state index in [0.29, 0.717) is 0 Å². The lowest BCUT2D eigenvalue weighted by Gasteiger charge is -2.68. The molecule has 33 heavy (non-hydrogen) atoms. The van der Waals surface area contributed by atoms with Crippen molar-refractivity contribution in [3.63, 3.8) is 0 Å². The van der Waals surface area contributed by atoms with Gasteiger partial charge in [-0.2, -0.15) is 0 Å². The van der Waals surface area contributed by atoms with Gasteiger partial charge >= 0.3 is 0 Å². The second-order valence-electron chi connectivity index (χ2n) is 12.8. The Bertz CT molecular complexity index is 776. The molecule has 0 heterocycles. The first-order valence-corrected chi connectivity index (χ1v) is 13.3. The lowest BCUT2D eigenvalue weighted by Crippen LogP contribution is -2.57. The molecule has 0 N–H and O–H groups in total. The van der Waals surface area contributed by atoms with Crippen LogP contribution in [0.4, 0.5) is 0 Å². The van der Waals surface area contributed by atoms with Crippen molar-refractivity contribution in [1.29, 1.82) is 0 Å². The molecule has 0 amide bonds. The molecule has 0 saturated heterocycles. The highest BCUT2D eigenvalue weighted by atomic mass is 14.7. The standard InChI is InChI=1S/C7H12.3C7H10.C5H10/c1-6-3-7(2,4-6)5-6;3*1-6-3-4-7(2)5-6;1-4-3-5(4)2/h3-5H2,1-2H3;2*3,5H,4H2,1-2H3;3-4H,5H2,1-2H3;4-5H,3H2,1-2H3. The maximum atomic E-state index is 2.40. The van der Waals surface area contributed by atoms with Gasteiger partial charge in [0.25, 0.3) is 0 Å². The molecular weight excluding hydrogens is 396 g/mol. The van der Waals surface area contributed by atoms with Crippen molar-refractivity contribution < 1.29 is 0 Å². The van der Waals surface area contributed by atoms with Crippen LogP contribution in [0.5, 0.6) is 0 Å². The fraction of sp³-hybridized carbons (Fsp3) is 0.636. The van der Waals surface area contributed by atoms with Crippen LogP contribution in [0.1, 0.15) is 114 Å². The Morgan fingerprint density at radius 1 is 0.606 bits per heavy atom. The van der Waals surface area contributed by atoms with E-state index in [1.165, 1.54) is 78.4 Å². The van der Waals surface area contributed by atoms with Crippen molar-refractivity contribution in [2.75, 3.05) is 0 Å². The van der Waals surface area contributed by atoms with E-state index < -0.39 is 0 Å². The minimum Gasteiger partial charge on any atom is -0.0775 e. The quantitative estimate of drug-likeness (QED) is 0.345. The molecular formula is C33H52. The minimum absolute atomic E-state index is 0.828. The number of hydrogen-bond acceptors (Lipinski definition) is 0. The summed E-state index contributed by atoms with van der Waals surface area (Å²) in [5, 5.41) is 0. The first-order valence-electron chi connectivity index (χ1n) is 13.3. The van der Waals surface area contributed by atoms with Crippen LogP contribution in [0.3, 0.4) is 0 Å². The van der Waals surface area contributed by atoms with Gasteiger partial charge in [0.05, 0.1) is 0 Å². The maximum Gasteiger partial charge on any atom is -0.0108 e. The topological polar surface area (TPSA) is 0 Å². The Morgan fingerprint density at radius 2 is 0.939 bits per heavy atom. The Morgan fingerprint density at radius 3 is 1.00 bits per heavy atom. The van der Waals surface area contributed by atoms with Gasteiger partial charge in [0, 0.05) is 0 Å². The van der Waals surface area contributed by atoms with Crippen LogP contribution < -0.4 is 0 Å². The average molecular weight is 449 g/mol. The molecule has 0 aromatic rings. The largest absolute Gasteiger partial charge is 0.0775 e. The highest BCUT2D eigenvalue weighted by Crippen LogP contribution is 2.72. The smallest absolute Gasteiger partial charge is 0.0108 e. The van der Waals surface area contributed by atoms with E-state index in [-0.39, 0.29) is 0 Å². The predicted molar refractivity (Wildman–Crippen MR) is 149 cm³/mol. The van der Waals surface area contributed by atoms with E-state index in [4.69, 9.17) is 0 Å². The summed E-state index contributed by atoms with van der Waals surface area (Å²) < 4.78 is 0. The second kappa shape index (κ2) is 11.7. The molecule has 4 saturated carbocycles. The molecule has 7 aliphatic carbocycles. The Balaban J connectivity index is 0.000000147. The predicted octanol–water partition coefficient (Wildman–Crippen LogP) is 10.7. The molecule has 4 fully saturated rings. The van der Waals surface area contributed by atoms with Crippen molar-refractivity contribution in [1.82, 2.24) is 0 Å². The third kappa shape index (κ3) is 10.1. The molecule has 0 aromatic heterocycles.